The second-order valence-corrected chi connectivity index (χ2v) is 4.85. The van der Waals surface area contributed by atoms with Crippen LogP contribution in [-0.4, -0.2) is 27.0 Å². The molecule has 0 bridgehead atoms. The number of nitrogens with zero attached hydrogens (tertiary/aromatic N) is 2. The zero-order valence-electron chi connectivity index (χ0n) is 9.94. The van der Waals surface area contributed by atoms with Gasteiger partial charge in [0, 0.05) is 18.5 Å². The lowest BCUT2D eigenvalue weighted by Crippen LogP contribution is -2.27. The molecule has 1 N–H and O–H groups in total. The third-order valence-electron chi connectivity index (χ3n) is 1.25. The van der Waals surface area contributed by atoms with E-state index in [0.717, 1.165) is 11.5 Å². The summed E-state index contributed by atoms with van der Waals surface area (Å²) in [6.45, 7) is 6.48. The van der Waals surface area contributed by atoms with E-state index in [-0.39, 0.29) is 11.1 Å². The van der Waals surface area contributed by atoms with Crippen molar-refractivity contribution in [3.8, 4) is 6.01 Å². The van der Waals surface area contributed by atoms with Crippen molar-refractivity contribution in [1.29, 1.82) is 0 Å². The highest BCUT2D eigenvalue weighted by molar-refractivity contribution is 7.10. The summed E-state index contributed by atoms with van der Waals surface area (Å²) in [6.07, 6.45) is -0.636. The molecule has 0 aliphatic rings. The maximum atomic E-state index is 11.4. The normalized spacial score (nSPS) is 10.8. The molecule has 0 aliphatic carbocycles. The molecule has 0 aliphatic heterocycles. The van der Waals surface area contributed by atoms with Gasteiger partial charge in [0.2, 0.25) is 5.13 Å². The van der Waals surface area contributed by atoms with Crippen LogP contribution in [0.25, 0.3) is 0 Å². The number of anilines is 1. The first-order chi connectivity index (χ1) is 7.76. The molecule has 17 heavy (non-hydrogen) atoms. The van der Waals surface area contributed by atoms with Gasteiger partial charge in [0.05, 0.1) is 0 Å². The van der Waals surface area contributed by atoms with Crippen molar-refractivity contribution in [3.05, 3.63) is 0 Å². The number of rotatable bonds is 2. The van der Waals surface area contributed by atoms with Crippen molar-refractivity contribution >= 4 is 28.7 Å². The fraction of sp³-hybridized carbons (Fsp3) is 0.556. The molecule has 0 radical (unpaired) electrons. The van der Waals surface area contributed by atoms with Crippen molar-refractivity contribution < 1.29 is 19.1 Å². The summed E-state index contributed by atoms with van der Waals surface area (Å²) in [6, 6.07) is -0.0893. The van der Waals surface area contributed by atoms with E-state index in [1.54, 1.807) is 20.8 Å². The van der Waals surface area contributed by atoms with Crippen LogP contribution in [-0.2, 0) is 9.53 Å². The Morgan fingerprint density at radius 3 is 2.53 bits per heavy atom. The summed E-state index contributed by atoms with van der Waals surface area (Å²) in [7, 11) is 0. The average Bonchev–Trinajstić information content (AvgIpc) is 2.46. The fourth-order valence-electron chi connectivity index (χ4n) is 0.822. The standard InChI is InChI=1S/C9H13N3O4S/c1-5(13)15-6-10-7(17-12-6)11-8(14)16-9(2,3)4/h1-4H3,(H,10,11,12,14). The molecule has 0 aromatic carbocycles. The topological polar surface area (TPSA) is 90.4 Å². The number of ether oxygens (including phenoxy) is 2. The van der Waals surface area contributed by atoms with Gasteiger partial charge in [-0.3, -0.25) is 10.1 Å². The van der Waals surface area contributed by atoms with Crippen LogP contribution < -0.4 is 10.1 Å². The summed E-state index contributed by atoms with van der Waals surface area (Å²) in [5, 5.41) is 2.59. The maximum Gasteiger partial charge on any atom is 0.414 e. The van der Waals surface area contributed by atoms with Gasteiger partial charge in [-0.25, -0.2) is 4.79 Å². The molecule has 0 fully saturated rings. The van der Waals surface area contributed by atoms with Gasteiger partial charge in [-0.15, -0.1) is 4.37 Å². The number of amides is 1. The smallest absolute Gasteiger partial charge is 0.414 e. The van der Waals surface area contributed by atoms with Crippen molar-refractivity contribution in [2.45, 2.75) is 33.3 Å². The fourth-order valence-corrected chi connectivity index (χ4v) is 1.31. The molecule has 1 rings (SSSR count). The molecule has 7 nitrogen and oxygen atoms in total. The molecule has 0 saturated heterocycles. The quantitative estimate of drug-likeness (QED) is 0.814. The molecule has 0 atom stereocenters. The first-order valence-electron chi connectivity index (χ1n) is 4.78. The van der Waals surface area contributed by atoms with E-state index in [1.165, 1.54) is 6.92 Å². The van der Waals surface area contributed by atoms with Crippen molar-refractivity contribution in [2.75, 3.05) is 5.32 Å². The van der Waals surface area contributed by atoms with Gasteiger partial charge >= 0.3 is 18.1 Å². The lowest BCUT2D eigenvalue weighted by Gasteiger charge is -2.18. The van der Waals surface area contributed by atoms with Gasteiger partial charge < -0.3 is 9.47 Å². The number of nitrogens with one attached hydrogen (secondary N) is 1. The highest BCUT2D eigenvalue weighted by atomic mass is 32.1. The monoisotopic (exact) mass is 259 g/mol. The first kappa shape index (κ1) is 13.4. The SMILES string of the molecule is CC(=O)Oc1nsc(NC(=O)OC(C)(C)C)n1. The molecule has 0 saturated carbocycles. The number of hydrogen-bond donors (Lipinski definition) is 1. The van der Waals surface area contributed by atoms with E-state index in [1.807, 2.05) is 0 Å². The minimum Gasteiger partial charge on any atom is -0.444 e. The van der Waals surface area contributed by atoms with E-state index in [4.69, 9.17) is 4.74 Å². The Bertz CT molecular complexity index is 424. The summed E-state index contributed by atoms with van der Waals surface area (Å²) >= 11 is 0.896. The highest BCUT2D eigenvalue weighted by Crippen LogP contribution is 2.17. The lowest BCUT2D eigenvalue weighted by atomic mass is 10.2. The van der Waals surface area contributed by atoms with Crippen molar-refractivity contribution in [2.24, 2.45) is 0 Å². The largest absolute Gasteiger partial charge is 0.444 e. The van der Waals surface area contributed by atoms with Gasteiger partial charge in [0.25, 0.3) is 0 Å². The van der Waals surface area contributed by atoms with E-state index in [9.17, 15) is 9.59 Å². The maximum absolute atomic E-state index is 11.4. The molecule has 1 amide bonds. The zero-order valence-corrected chi connectivity index (χ0v) is 10.8. The second-order valence-electron chi connectivity index (χ2n) is 4.10. The summed E-state index contributed by atoms with van der Waals surface area (Å²) in [5.74, 6) is -0.522. The molecular weight excluding hydrogens is 246 g/mol. The van der Waals surface area contributed by atoms with Crippen LogP contribution in [0.15, 0.2) is 0 Å². The third-order valence-corrected chi connectivity index (χ3v) is 1.86. The summed E-state index contributed by atoms with van der Waals surface area (Å²) in [5.41, 5.74) is -0.590. The van der Waals surface area contributed by atoms with E-state index >= 15 is 0 Å². The van der Waals surface area contributed by atoms with Gasteiger partial charge in [0.15, 0.2) is 0 Å². The van der Waals surface area contributed by atoms with Crippen molar-refractivity contribution in [3.63, 3.8) is 0 Å². The van der Waals surface area contributed by atoms with Crippen molar-refractivity contribution in [1.82, 2.24) is 9.36 Å². The molecular formula is C9H13N3O4S. The summed E-state index contributed by atoms with van der Waals surface area (Å²) in [4.78, 5) is 25.8. The molecule has 1 heterocycles. The number of esters is 1. The Hall–Kier alpha value is -1.70. The molecule has 1 aromatic heterocycles. The number of hydrogen-bond acceptors (Lipinski definition) is 7. The van der Waals surface area contributed by atoms with E-state index < -0.39 is 17.7 Å². The predicted octanol–water partition coefficient (Wildman–Crippen LogP) is 1.81. The van der Waals surface area contributed by atoms with Crippen LogP contribution in [0.5, 0.6) is 6.01 Å². The van der Waals surface area contributed by atoms with Gasteiger partial charge in [-0.1, -0.05) is 0 Å². The number of aromatic nitrogens is 2. The average molecular weight is 259 g/mol. The van der Waals surface area contributed by atoms with Gasteiger partial charge in [-0.05, 0) is 20.8 Å². The Balaban J connectivity index is 2.55. The van der Waals surface area contributed by atoms with E-state index in [2.05, 4.69) is 19.4 Å². The van der Waals surface area contributed by atoms with Gasteiger partial charge in [0.1, 0.15) is 5.60 Å². The molecule has 0 spiro atoms. The van der Waals surface area contributed by atoms with E-state index in [0.29, 0.717) is 0 Å². The first-order valence-corrected chi connectivity index (χ1v) is 5.56. The molecule has 0 unspecified atom stereocenters. The summed E-state index contributed by atoms with van der Waals surface area (Å²) < 4.78 is 13.4. The van der Waals surface area contributed by atoms with Crippen LogP contribution >= 0.6 is 11.5 Å². The number of carbonyl (C=O) groups is 2. The Morgan fingerprint density at radius 2 is 2.00 bits per heavy atom. The second kappa shape index (κ2) is 5.09. The van der Waals surface area contributed by atoms with Crippen LogP contribution in [0.2, 0.25) is 0 Å². The number of carbonyl (C=O) groups excluding carboxylic acids is 2. The molecule has 1 aromatic rings. The Kier molecular flexibility index (Phi) is 4.00. The minimum atomic E-state index is -0.636. The van der Waals surface area contributed by atoms with Crippen LogP contribution in [0.1, 0.15) is 27.7 Å². The molecule has 8 heteroatoms. The minimum absolute atomic E-state index is 0.0893. The lowest BCUT2D eigenvalue weighted by molar-refractivity contribution is -0.132. The molecule has 94 valence electrons. The third kappa shape index (κ3) is 5.25. The highest BCUT2D eigenvalue weighted by Gasteiger charge is 2.18. The van der Waals surface area contributed by atoms with Gasteiger partial charge in [-0.2, -0.15) is 4.98 Å². The predicted molar refractivity (Wildman–Crippen MR) is 61.1 cm³/mol. The zero-order chi connectivity index (χ0) is 13.1. The Morgan fingerprint density at radius 1 is 1.35 bits per heavy atom. The Labute approximate surface area is 102 Å². The van der Waals surface area contributed by atoms with Crippen LogP contribution in [0.3, 0.4) is 0 Å². The van der Waals surface area contributed by atoms with Crippen LogP contribution in [0, 0.1) is 0 Å². The van der Waals surface area contributed by atoms with Crippen LogP contribution in [0.4, 0.5) is 9.93 Å².